The van der Waals surface area contributed by atoms with Gasteiger partial charge in [-0.3, -0.25) is 0 Å². The van der Waals surface area contributed by atoms with Crippen LogP contribution in [0.15, 0.2) is 6.08 Å². The van der Waals surface area contributed by atoms with E-state index in [1.165, 1.54) is 6.08 Å². The molecule has 53 valence electrons. The summed E-state index contributed by atoms with van der Waals surface area (Å²) in [4.78, 5) is 0. The molecular weight excluding hydrogens is 112 g/mol. The number of hydrogen-bond acceptors (Lipinski definition) is 1. The maximum Gasteiger partial charge on any atom is 0.0828 e. The van der Waals surface area contributed by atoms with Gasteiger partial charge in [-0.25, -0.2) is 0 Å². The van der Waals surface area contributed by atoms with Crippen molar-refractivity contribution in [2.75, 3.05) is 0 Å². The molecule has 0 aromatic heterocycles. The monoisotopic (exact) mass is 127 g/mol. The van der Waals surface area contributed by atoms with E-state index >= 15 is 0 Å². The quantitative estimate of drug-likeness (QED) is 0.611. The van der Waals surface area contributed by atoms with E-state index in [0.717, 1.165) is 12.8 Å². The van der Waals surface area contributed by atoms with Crippen molar-refractivity contribution in [1.82, 2.24) is 0 Å². The van der Waals surface area contributed by atoms with Gasteiger partial charge >= 0.3 is 0 Å². The van der Waals surface area contributed by atoms with E-state index < -0.39 is 5.60 Å². The summed E-state index contributed by atoms with van der Waals surface area (Å²) in [5, 5.41) is 9.45. The summed E-state index contributed by atoms with van der Waals surface area (Å²) >= 11 is 0. The molecule has 0 bridgehead atoms. The van der Waals surface area contributed by atoms with Crippen LogP contribution in [0.5, 0.6) is 0 Å². The molecule has 0 saturated carbocycles. The largest absolute Gasteiger partial charge is 0.386 e. The third kappa shape index (κ3) is 2.66. The molecule has 1 heteroatoms. The van der Waals surface area contributed by atoms with Crippen molar-refractivity contribution >= 4 is 0 Å². The fourth-order valence-corrected chi connectivity index (χ4v) is 0.811. The summed E-state index contributed by atoms with van der Waals surface area (Å²) in [6, 6.07) is 0. The summed E-state index contributed by atoms with van der Waals surface area (Å²) in [5.74, 6) is 0. The first-order valence-corrected chi connectivity index (χ1v) is 3.47. The van der Waals surface area contributed by atoms with Crippen molar-refractivity contribution < 1.29 is 5.11 Å². The minimum absolute atomic E-state index is 0.706. The lowest BCUT2D eigenvalue weighted by Crippen LogP contribution is -2.23. The van der Waals surface area contributed by atoms with E-state index in [1.54, 1.807) is 0 Å². The van der Waals surface area contributed by atoms with Gasteiger partial charge in [0, 0.05) is 0 Å². The van der Waals surface area contributed by atoms with E-state index in [2.05, 4.69) is 0 Å². The predicted molar refractivity (Wildman–Crippen MR) is 39.0 cm³/mol. The van der Waals surface area contributed by atoms with Crippen LogP contribution in [0.2, 0.25) is 0 Å². The lowest BCUT2D eigenvalue weighted by molar-refractivity contribution is 0.0767. The van der Waals surface area contributed by atoms with Gasteiger partial charge in [-0.2, -0.15) is 0 Å². The van der Waals surface area contributed by atoms with E-state index in [4.69, 9.17) is 6.58 Å². The fourth-order valence-electron chi connectivity index (χ4n) is 0.811. The van der Waals surface area contributed by atoms with E-state index in [1.807, 2.05) is 13.8 Å². The van der Waals surface area contributed by atoms with Crippen LogP contribution >= 0.6 is 0 Å². The smallest absolute Gasteiger partial charge is 0.0828 e. The van der Waals surface area contributed by atoms with E-state index in [-0.39, 0.29) is 0 Å². The zero-order valence-electron chi connectivity index (χ0n) is 6.22. The number of rotatable bonds is 4. The minimum atomic E-state index is -0.714. The van der Waals surface area contributed by atoms with Gasteiger partial charge < -0.3 is 5.11 Å². The molecule has 0 aliphatic rings. The summed E-state index contributed by atoms with van der Waals surface area (Å²) in [7, 11) is 0. The molecule has 1 nitrogen and oxygen atoms in total. The van der Waals surface area contributed by atoms with Crippen LogP contribution in [-0.4, -0.2) is 10.7 Å². The van der Waals surface area contributed by atoms with Gasteiger partial charge in [0.15, 0.2) is 0 Å². The standard InChI is InChI=1S/C8H15O/c1-4-7-8(9,5-2)6-3/h2,5,9H,4,6-7H2,1,3H3. The first-order valence-electron chi connectivity index (χ1n) is 3.47. The molecule has 0 amide bonds. The Balaban J connectivity index is 3.76. The average Bonchev–Trinajstić information content (AvgIpc) is 1.89. The SMILES string of the molecule is [CH]=CC(O)(CC)CCC. The first-order chi connectivity index (χ1) is 4.18. The Labute approximate surface area is 57.4 Å². The topological polar surface area (TPSA) is 20.2 Å². The van der Waals surface area contributed by atoms with E-state index in [9.17, 15) is 5.11 Å². The van der Waals surface area contributed by atoms with Crippen LogP contribution in [-0.2, 0) is 0 Å². The summed E-state index contributed by atoms with van der Waals surface area (Å²) < 4.78 is 0. The maximum atomic E-state index is 9.45. The van der Waals surface area contributed by atoms with Crippen molar-refractivity contribution in [3.63, 3.8) is 0 Å². The minimum Gasteiger partial charge on any atom is -0.386 e. The molecule has 1 unspecified atom stereocenters. The van der Waals surface area contributed by atoms with Gasteiger partial charge in [-0.05, 0) is 12.8 Å². The van der Waals surface area contributed by atoms with Crippen molar-refractivity contribution in [3.8, 4) is 0 Å². The molecule has 1 N–H and O–H groups in total. The number of hydrogen-bond donors (Lipinski definition) is 1. The lowest BCUT2D eigenvalue weighted by atomic mass is 9.96. The molecule has 0 saturated heterocycles. The fraction of sp³-hybridized carbons (Fsp3) is 0.750. The molecule has 0 rings (SSSR count). The zero-order chi connectivity index (χ0) is 7.33. The number of aliphatic hydroxyl groups is 1. The Morgan fingerprint density at radius 2 is 2.11 bits per heavy atom. The second-order valence-corrected chi connectivity index (χ2v) is 2.37. The highest BCUT2D eigenvalue weighted by molar-refractivity contribution is 4.91. The van der Waals surface area contributed by atoms with Gasteiger partial charge in [0.1, 0.15) is 0 Å². The molecule has 0 aromatic rings. The molecule has 0 aliphatic carbocycles. The molecule has 1 radical (unpaired) electrons. The molecular formula is C8H15O. The summed E-state index contributed by atoms with van der Waals surface area (Å²) in [5.41, 5.74) is -0.714. The third-order valence-electron chi connectivity index (χ3n) is 1.61. The first kappa shape index (κ1) is 8.70. The normalized spacial score (nSPS) is 16.8. The Morgan fingerprint density at radius 1 is 1.56 bits per heavy atom. The van der Waals surface area contributed by atoms with Crippen molar-refractivity contribution in [2.24, 2.45) is 0 Å². The molecule has 0 fully saturated rings. The Morgan fingerprint density at radius 3 is 2.22 bits per heavy atom. The highest BCUT2D eigenvalue weighted by Gasteiger charge is 2.17. The summed E-state index contributed by atoms with van der Waals surface area (Å²) in [6.45, 7) is 9.19. The van der Waals surface area contributed by atoms with Crippen LogP contribution in [0.3, 0.4) is 0 Å². The van der Waals surface area contributed by atoms with Crippen LogP contribution in [0, 0.1) is 6.58 Å². The average molecular weight is 127 g/mol. The molecule has 0 heterocycles. The molecule has 0 spiro atoms. The second-order valence-electron chi connectivity index (χ2n) is 2.37. The molecule has 0 aromatic carbocycles. The molecule has 0 aliphatic heterocycles. The van der Waals surface area contributed by atoms with Crippen LogP contribution in [0.4, 0.5) is 0 Å². The van der Waals surface area contributed by atoms with Gasteiger partial charge in [0.05, 0.1) is 5.60 Å². The summed E-state index contributed by atoms with van der Waals surface area (Å²) in [6.07, 6.45) is 3.83. The molecule has 9 heavy (non-hydrogen) atoms. The van der Waals surface area contributed by atoms with Gasteiger partial charge in [-0.15, -0.1) is 0 Å². The molecule has 1 atom stereocenters. The van der Waals surface area contributed by atoms with Gasteiger partial charge in [0.2, 0.25) is 0 Å². The van der Waals surface area contributed by atoms with Crippen molar-refractivity contribution in [3.05, 3.63) is 12.7 Å². The Bertz CT molecular complexity index is 88.6. The van der Waals surface area contributed by atoms with Crippen LogP contribution in [0.1, 0.15) is 33.1 Å². The third-order valence-corrected chi connectivity index (χ3v) is 1.61. The Kier molecular flexibility index (Phi) is 3.55. The van der Waals surface area contributed by atoms with E-state index in [0.29, 0.717) is 6.42 Å². The highest BCUT2D eigenvalue weighted by atomic mass is 16.3. The Hall–Kier alpha value is -0.300. The van der Waals surface area contributed by atoms with Gasteiger partial charge in [-0.1, -0.05) is 32.9 Å². The second kappa shape index (κ2) is 3.67. The van der Waals surface area contributed by atoms with Crippen LogP contribution < -0.4 is 0 Å². The van der Waals surface area contributed by atoms with Gasteiger partial charge in [0.25, 0.3) is 0 Å². The van der Waals surface area contributed by atoms with Crippen LogP contribution in [0.25, 0.3) is 0 Å². The van der Waals surface area contributed by atoms with Crippen molar-refractivity contribution in [2.45, 2.75) is 38.7 Å². The maximum absolute atomic E-state index is 9.45. The lowest BCUT2D eigenvalue weighted by Gasteiger charge is -2.20. The zero-order valence-corrected chi connectivity index (χ0v) is 6.22. The van der Waals surface area contributed by atoms with Crippen molar-refractivity contribution in [1.29, 1.82) is 0 Å². The highest BCUT2D eigenvalue weighted by Crippen LogP contribution is 2.17. The predicted octanol–water partition coefficient (Wildman–Crippen LogP) is 1.92.